The number of hydrogen-bond donors (Lipinski definition) is 3. The second kappa shape index (κ2) is 3.78. The monoisotopic (exact) mass is 195 g/mol. The highest BCUT2D eigenvalue weighted by molar-refractivity contribution is 5.97. The molecule has 0 aliphatic rings. The molecule has 0 unspecified atom stereocenters. The van der Waals surface area contributed by atoms with Gasteiger partial charge in [0.05, 0.1) is 5.56 Å². The number of carboxylic acid groups (broad SMARTS) is 1. The summed E-state index contributed by atoms with van der Waals surface area (Å²) in [6, 6.07) is 3.47. The Labute approximate surface area is 80.0 Å². The SMILES string of the molecule is CNC(=O)c1cc(O)cc(C(=O)O)c1. The number of aromatic carboxylic acids is 1. The standard InChI is InChI=1S/C9H9NO4/c1-10-8(12)5-2-6(9(13)14)4-7(11)3-5/h2-4,11H,1H3,(H,10,12)(H,13,14). The summed E-state index contributed by atoms with van der Waals surface area (Å²) in [7, 11) is 1.42. The van der Waals surface area contributed by atoms with Crippen molar-refractivity contribution in [2.45, 2.75) is 0 Å². The summed E-state index contributed by atoms with van der Waals surface area (Å²) >= 11 is 0. The van der Waals surface area contributed by atoms with Crippen LogP contribution in [0.4, 0.5) is 0 Å². The lowest BCUT2D eigenvalue weighted by molar-refractivity contribution is 0.0696. The summed E-state index contributed by atoms with van der Waals surface area (Å²) in [5.74, 6) is -1.88. The molecule has 0 radical (unpaired) electrons. The molecule has 0 aromatic heterocycles. The zero-order valence-electron chi connectivity index (χ0n) is 7.44. The van der Waals surface area contributed by atoms with Gasteiger partial charge in [-0.25, -0.2) is 4.79 Å². The third-order valence-corrected chi connectivity index (χ3v) is 1.65. The van der Waals surface area contributed by atoms with Crippen LogP contribution in [0, 0.1) is 0 Å². The number of aromatic hydroxyl groups is 1. The van der Waals surface area contributed by atoms with Crippen molar-refractivity contribution in [2.75, 3.05) is 7.05 Å². The molecule has 0 saturated heterocycles. The molecule has 0 atom stereocenters. The molecule has 1 aromatic rings. The van der Waals surface area contributed by atoms with Gasteiger partial charge in [0.1, 0.15) is 5.75 Å². The molecule has 1 aromatic carbocycles. The third-order valence-electron chi connectivity index (χ3n) is 1.65. The molecule has 14 heavy (non-hydrogen) atoms. The first-order valence-corrected chi connectivity index (χ1v) is 3.84. The maximum atomic E-state index is 11.1. The van der Waals surface area contributed by atoms with Gasteiger partial charge in [0.2, 0.25) is 0 Å². The molecule has 1 rings (SSSR count). The lowest BCUT2D eigenvalue weighted by Crippen LogP contribution is -2.18. The molecule has 0 fully saturated rings. The van der Waals surface area contributed by atoms with E-state index in [-0.39, 0.29) is 16.9 Å². The van der Waals surface area contributed by atoms with E-state index in [1.807, 2.05) is 0 Å². The fourth-order valence-corrected chi connectivity index (χ4v) is 1.01. The Kier molecular flexibility index (Phi) is 2.71. The van der Waals surface area contributed by atoms with Gasteiger partial charge in [0, 0.05) is 12.6 Å². The van der Waals surface area contributed by atoms with Gasteiger partial charge in [-0.05, 0) is 18.2 Å². The van der Waals surface area contributed by atoms with Gasteiger partial charge < -0.3 is 15.5 Å². The van der Waals surface area contributed by atoms with E-state index < -0.39 is 11.9 Å². The Balaban J connectivity index is 3.20. The van der Waals surface area contributed by atoms with Crippen molar-refractivity contribution >= 4 is 11.9 Å². The topological polar surface area (TPSA) is 86.6 Å². The fraction of sp³-hybridized carbons (Fsp3) is 0.111. The predicted molar refractivity (Wildman–Crippen MR) is 48.5 cm³/mol. The van der Waals surface area contributed by atoms with Gasteiger partial charge in [0.25, 0.3) is 5.91 Å². The normalized spacial score (nSPS) is 9.50. The van der Waals surface area contributed by atoms with E-state index in [1.165, 1.54) is 19.2 Å². The van der Waals surface area contributed by atoms with Crippen LogP contribution < -0.4 is 5.32 Å². The van der Waals surface area contributed by atoms with E-state index in [0.717, 1.165) is 6.07 Å². The highest BCUT2D eigenvalue weighted by Gasteiger charge is 2.10. The lowest BCUT2D eigenvalue weighted by Gasteiger charge is -2.02. The van der Waals surface area contributed by atoms with Crippen LogP contribution in [0.1, 0.15) is 20.7 Å². The average molecular weight is 195 g/mol. The fourth-order valence-electron chi connectivity index (χ4n) is 1.01. The molecule has 74 valence electrons. The number of carbonyl (C=O) groups excluding carboxylic acids is 1. The number of phenolic OH excluding ortho intramolecular Hbond substituents is 1. The number of rotatable bonds is 2. The summed E-state index contributed by atoms with van der Waals surface area (Å²) in [6.45, 7) is 0. The van der Waals surface area contributed by atoms with E-state index in [4.69, 9.17) is 10.2 Å². The molecule has 0 aliphatic heterocycles. The Bertz CT molecular complexity index is 386. The van der Waals surface area contributed by atoms with Crippen LogP contribution in [0.25, 0.3) is 0 Å². The molecule has 0 heterocycles. The summed E-state index contributed by atoms with van der Waals surface area (Å²) in [6.07, 6.45) is 0. The van der Waals surface area contributed by atoms with Gasteiger partial charge in [-0.2, -0.15) is 0 Å². The summed E-state index contributed by atoms with van der Waals surface area (Å²) in [5.41, 5.74) is -0.00602. The number of phenols is 1. The van der Waals surface area contributed by atoms with Gasteiger partial charge in [-0.3, -0.25) is 4.79 Å². The van der Waals surface area contributed by atoms with Crippen LogP contribution in [0.15, 0.2) is 18.2 Å². The maximum absolute atomic E-state index is 11.1. The minimum Gasteiger partial charge on any atom is -0.508 e. The molecular formula is C9H9NO4. The predicted octanol–water partition coefficient (Wildman–Crippen LogP) is 0.450. The number of benzene rings is 1. The highest BCUT2D eigenvalue weighted by atomic mass is 16.4. The van der Waals surface area contributed by atoms with Crippen LogP contribution >= 0.6 is 0 Å². The molecule has 0 saturated carbocycles. The summed E-state index contributed by atoms with van der Waals surface area (Å²) in [5, 5.41) is 20.1. The zero-order chi connectivity index (χ0) is 10.7. The molecule has 5 nitrogen and oxygen atoms in total. The van der Waals surface area contributed by atoms with Crippen molar-refractivity contribution in [3.05, 3.63) is 29.3 Å². The first kappa shape index (κ1) is 10.0. The van der Waals surface area contributed by atoms with E-state index in [2.05, 4.69) is 5.32 Å². The molecule has 3 N–H and O–H groups in total. The number of hydrogen-bond acceptors (Lipinski definition) is 3. The second-order valence-electron chi connectivity index (χ2n) is 2.65. The quantitative estimate of drug-likeness (QED) is 0.639. The Morgan fingerprint density at radius 1 is 1.21 bits per heavy atom. The zero-order valence-corrected chi connectivity index (χ0v) is 7.44. The van der Waals surface area contributed by atoms with Crippen molar-refractivity contribution in [1.29, 1.82) is 0 Å². The van der Waals surface area contributed by atoms with E-state index >= 15 is 0 Å². The number of amides is 1. The molecule has 5 heteroatoms. The highest BCUT2D eigenvalue weighted by Crippen LogP contribution is 2.15. The third kappa shape index (κ3) is 2.01. The second-order valence-corrected chi connectivity index (χ2v) is 2.65. The molecule has 0 bridgehead atoms. The molecule has 1 amide bonds. The first-order valence-electron chi connectivity index (χ1n) is 3.84. The van der Waals surface area contributed by atoms with Crippen LogP contribution in [0.2, 0.25) is 0 Å². The first-order chi connectivity index (χ1) is 6.54. The number of nitrogens with one attached hydrogen (secondary N) is 1. The van der Waals surface area contributed by atoms with E-state index in [9.17, 15) is 9.59 Å². The van der Waals surface area contributed by atoms with Crippen LogP contribution in [-0.4, -0.2) is 29.1 Å². The van der Waals surface area contributed by atoms with Crippen molar-refractivity contribution in [3.8, 4) is 5.75 Å². The lowest BCUT2D eigenvalue weighted by atomic mass is 10.1. The smallest absolute Gasteiger partial charge is 0.335 e. The van der Waals surface area contributed by atoms with Crippen LogP contribution in [0.3, 0.4) is 0 Å². The van der Waals surface area contributed by atoms with Crippen molar-refractivity contribution < 1.29 is 19.8 Å². The largest absolute Gasteiger partial charge is 0.508 e. The minimum absolute atomic E-state index is 0.116. The minimum atomic E-state index is -1.19. The summed E-state index contributed by atoms with van der Waals surface area (Å²) < 4.78 is 0. The Morgan fingerprint density at radius 3 is 2.29 bits per heavy atom. The molecule has 0 spiro atoms. The van der Waals surface area contributed by atoms with Gasteiger partial charge in [-0.15, -0.1) is 0 Å². The summed E-state index contributed by atoms with van der Waals surface area (Å²) in [4.78, 5) is 21.7. The number of carboxylic acids is 1. The van der Waals surface area contributed by atoms with Crippen LogP contribution in [0.5, 0.6) is 5.75 Å². The maximum Gasteiger partial charge on any atom is 0.335 e. The Hall–Kier alpha value is -2.04. The van der Waals surface area contributed by atoms with Gasteiger partial charge in [-0.1, -0.05) is 0 Å². The van der Waals surface area contributed by atoms with Gasteiger partial charge in [0.15, 0.2) is 0 Å². The van der Waals surface area contributed by atoms with Gasteiger partial charge >= 0.3 is 5.97 Å². The number of carbonyl (C=O) groups is 2. The molecule has 0 aliphatic carbocycles. The van der Waals surface area contributed by atoms with Crippen molar-refractivity contribution in [2.24, 2.45) is 0 Å². The van der Waals surface area contributed by atoms with E-state index in [1.54, 1.807) is 0 Å². The van der Waals surface area contributed by atoms with Crippen molar-refractivity contribution in [1.82, 2.24) is 5.32 Å². The Morgan fingerprint density at radius 2 is 1.79 bits per heavy atom. The average Bonchev–Trinajstić information content (AvgIpc) is 2.15. The molecular weight excluding hydrogens is 186 g/mol. The van der Waals surface area contributed by atoms with E-state index in [0.29, 0.717) is 0 Å². The van der Waals surface area contributed by atoms with Crippen molar-refractivity contribution in [3.63, 3.8) is 0 Å². The van der Waals surface area contributed by atoms with Crippen LogP contribution in [-0.2, 0) is 0 Å².